The van der Waals surface area contributed by atoms with E-state index in [1.807, 2.05) is 68.4 Å². The third-order valence-electron chi connectivity index (χ3n) is 7.34. The summed E-state index contributed by atoms with van der Waals surface area (Å²) in [6, 6.07) is 25.6. The highest BCUT2D eigenvalue weighted by atomic mass is 32.1. The Hall–Kier alpha value is -4.86. The van der Waals surface area contributed by atoms with Crippen LogP contribution in [0.5, 0.6) is 11.5 Å². The first-order valence-electron chi connectivity index (χ1n) is 13.5. The van der Waals surface area contributed by atoms with E-state index < -0.39 is 11.8 Å². The molecule has 9 heteroatoms. The van der Waals surface area contributed by atoms with E-state index in [9.17, 15) is 14.7 Å². The van der Waals surface area contributed by atoms with Gasteiger partial charge < -0.3 is 19.3 Å². The number of hydrogen-bond acceptors (Lipinski definition) is 9. The number of cyclic esters (lactones) is 1. The first-order chi connectivity index (χ1) is 20.7. The predicted molar refractivity (Wildman–Crippen MR) is 165 cm³/mol. The fraction of sp³-hybridized carbons (Fsp3) is 0.176. The molecule has 0 saturated carbocycles. The van der Waals surface area contributed by atoms with Crippen LogP contribution >= 0.6 is 11.7 Å². The van der Waals surface area contributed by atoms with Crippen LogP contribution in [0.15, 0.2) is 90.5 Å². The zero-order chi connectivity index (χ0) is 30.6. The molecule has 1 aliphatic rings. The number of fused-ring (bicyclic) bond motifs is 1. The molecule has 0 amide bonds. The van der Waals surface area contributed by atoms with Crippen LogP contribution in [0.2, 0.25) is 0 Å². The maximum absolute atomic E-state index is 13.2. The molecule has 0 bridgehead atoms. The lowest BCUT2D eigenvalue weighted by Crippen LogP contribution is -2.30. The van der Waals surface area contributed by atoms with Crippen LogP contribution in [-0.2, 0) is 21.7 Å². The molecule has 218 valence electrons. The molecular formula is C34H30N2O6S. The van der Waals surface area contributed by atoms with Crippen LogP contribution in [0.3, 0.4) is 0 Å². The molecule has 5 aromatic rings. The van der Waals surface area contributed by atoms with Crippen LogP contribution in [0.25, 0.3) is 16.6 Å². The number of esters is 1. The molecule has 1 aliphatic heterocycles. The number of hydrogen-bond donors (Lipinski definition) is 1. The maximum Gasteiger partial charge on any atom is 0.342 e. The molecule has 0 fully saturated rings. The smallest absolute Gasteiger partial charge is 0.342 e. The van der Waals surface area contributed by atoms with E-state index in [0.717, 1.165) is 40.2 Å². The summed E-state index contributed by atoms with van der Waals surface area (Å²) in [5.41, 5.74) is 7.04. The molecule has 0 spiro atoms. The second-order valence-electron chi connectivity index (χ2n) is 10.1. The quantitative estimate of drug-likeness (QED) is 0.175. The number of carbonyl (C=O) groups is 2. The Morgan fingerprint density at radius 1 is 0.860 bits per heavy atom. The first kappa shape index (κ1) is 29.6. The van der Waals surface area contributed by atoms with Crippen LogP contribution in [-0.4, -0.2) is 40.3 Å². The zero-order valence-electron chi connectivity index (χ0n) is 24.2. The normalized spacial score (nSPS) is 16.0. The molecule has 1 atom stereocenters. The van der Waals surface area contributed by atoms with Crippen molar-refractivity contribution in [1.29, 1.82) is 0 Å². The second-order valence-corrected chi connectivity index (χ2v) is 10.6. The fourth-order valence-corrected chi connectivity index (χ4v) is 5.38. The van der Waals surface area contributed by atoms with Gasteiger partial charge in [0.05, 0.1) is 31.5 Å². The van der Waals surface area contributed by atoms with Crippen molar-refractivity contribution >= 4 is 40.6 Å². The Kier molecular flexibility index (Phi) is 8.66. The van der Waals surface area contributed by atoms with Crippen LogP contribution in [0.1, 0.15) is 38.2 Å². The van der Waals surface area contributed by atoms with E-state index in [1.54, 1.807) is 44.6 Å². The average Bonchev–Trinajstić information content (AvgIpc) is 3.60. The summed E-state index contributed by atoms with van der Waals surface area (Å²) in [7, 11) is 3.18. The van der Waals surface area contributed by atoms with Gasteiger partial charge in [0, 0.05) is 23.1 Å². The van der Waals surface area contributed by atoms with Gasteiger partial charge in [-0.3, -0.25) is 4.79 Å². The molecule has 0 radical (unpaired) electrons. The number of methoxy groups -OCH3 is 2. The van der Waals surface area contributed by atoms with Gasteiger partial charge in [0.1, 0.15) is 28.8 Å². The summed E-state index contributed by atoms with van der Waals surface area (Å²) in [5, 5.41) is 11.8. The minimum atomic E-state index is -1.89. The number of ether oxygens (including phenoxy) is 3. The number of aliphatic hydroxyl groups is 1. The third kappa shape index (κ3) is 6.18. The van der Waals surface area contributed by atoms with E-state index in [0.29, 0.717) is 51.3 Å². The number of nitrogens with zero attached hydrogens (tertiary/aromatic N) is 2. The SMILES string of the molecule is COc1cccc(C=O)c1.COc1cccc(CC2=C(c3ccc4nsnc4c3)C(=O)OC2(O)c2ccc(C)c(C)c2)c1. The number of aryl methyl sites for hydroxylation is 2. The molecule has 4 aromatic carbocycles. The van der Waals surface area contributed by atoms with Crippen molar-refractivity contribution in [2.24, 2.45) is 0 Å². The molecule has 8 nitrogen and oxygen atoms in total. The Balaban J connectivity index is 0.000000314. The molecule has 6 rings (SSSR count). The van der Waals surface area contributed by atoms with Crippen molar-refractivity contribution in [2.75, 3.05) is 14.2 Å². The van der Waals surface area contributed by atoms with Crippen molar-refractivity contribution < 1.29 is 28.9 Å². The van der Waals surface area contributed by atoms with Gasteiger partial charge in [-0.2, -0.15) is 8.75 Å². The van der Waals surface area contributed by atoms with Gasteiger partial charge in [-0.05, 0) is 78.6 Å². The Bertz CT molecular complexity index is 1850. The van der Waals surface area contributed by atoms with Gasteiger partial charge in [0.2, 0.25) is 0 Å². The Morgan fingerprint density at radius 3 is 2.30 bits per heavy atom. The number of aldehydes is 1. The first-order valence-corrected chi connectivity index (χ1v) is 14.2. The van der Waals surface area contributed by atoms with Crippen molar-refractivity contribution in [3.63, 3.8) is 0 Å². The topological polar surface area (TPSA) is 108 Å². The Labute approximate surface area is 253 Å². The molecule has 1 unspecified atom stereocenters. The number of carbonyl (C=O) groups excluding carboxylic acids is 2. The number of rotatable bonds is 7. The Morgan fingerprint density at radius 2 is 1.58 bits per heavy atom. The monoisotopic (exact) mass is 594 g/mol. The van der Waals surface area contributed by atoms with Gasteiger partial charge in [0.15, 0.2) is 0 Å². The van der Waals surface area contributed by atoms with Crippen molar-refractivity contribution in [1.82, 2.24) is 8.75 Å². The second kappa shape index (κ2) is 12.6. The summed E-state index contributed by atoms with van der Waals surface area (Å²) < 4.78 is 24.5. The highest BCUT2D eigenvalue weighted by Gasteiger charge is 2.48. The third-order valence-corrected chi connectivity index (χ3v) is 7.90. The van der Waals surface area contributed by atoms with Crippen LogP contribution in [0, 0.1) is 13.8 Å². The minimum absolute atomic E-state index is 0.301. The largest absolute Gasteiger partial charge is 0.497 e. The summed E-state index contributed by atoms with van der Waals surface area (Å²) in [5.74, 6) is -1.05. The molecule has 0 aliphatic carbocycles. The van der Waals surface area contributed by atoms with Gasteiger partial charge in [-0.25, -0.2) is 4.79 Å². The maximum atomic E-state index is 13.2. The molecule has 1 N–H and O–H groups in total. The van der Waals surface area contributed by atoms with Crippen LogP contribution in [0.4, 0.5) is 0 Å². The van der Waals surface area contributed by atoms with Gasteiger partial charge in [-0.15, -0.1) is 0 Å². The van der Waals surface area contributed by atoms with Gasteiger partial charge in [0.25, 0.3) is 5.79 Å². The predicted octanol–water partition coefficient (Wildman–Crippen LogP) is 6.22. The standard InChI is InChI=1S/C26H22N2O4S.C8H8O2/c1-15-7-9-19(11-16(15)2)26(30)21(13-17-5-4-6-20(12-17)31-3)24(25(29)32-26)18-8-10-22-23(14-18)28-33-27-22;1-10-8-4-2-3-7(5-8)6-9/h4-12,14,30H,13H2,1-3H3;2-6H,1H3. The van der Waals surface area contributed by atoms with Crippen molar-refractivity contribution in [3.05, 3.63) is 124 Å². The molecule has 0 saturated heterocycles. The molecule has 43 heavy (non-hydrogen) atoms. The van der Waals surface area contributed by atoms with Crippen molar-refractivity contribution in [2.45, 2.75) is 26.1 Å². The van der Waals surface area contributed by atoms with E-state index in [-0.39, 0.29) is 0 Å². The summed E-state index contributed by atoms with van der Waals surface area (Å²) in [4.78, 5) is 23.4. The number of aromatic nitrogens is 2. The van der Waals surface area contributed by atoms with E-state index in [2.05, 4.69) is 8.75 Å². The lowest BCUT2D eigenvalue weighted by atomic mass is 9.87. The van der Waals surface area contributed by atoms with Crippen molar-refractivity contribution in [3.8, 4) is 11.5 Å². The summed E-state index contributed by atoms with van der Waals surface area (Å²) in [6.45, 7) is 3.97. The zero-order valence-corrected chi connectivity index (χ0v) is 25.0. The average molecular weight is 595 g/mol. The fourth-order valence-electron chi connectivity index (χ4n) is 4.86. The van der Waals surface area contributed by atoms with E-state index in [4.69, 9.17) is 14.2 Å². The lowest BCUT2D eigenvalue weighted by molar-refractivity contribution is -0.185. The molecule has 1 aromatic heterocycles. The van der Waals surface area contributed by atoms with Gasteiger partial charge in [-0.1, -0.05) is 42.5 Å². The highest BCUT2D eigenvalue weighted by Crippen LogP contribution is 2.45. The van der Waals surface area contributed by atoms with E-state index in [1.165, 1.54) is 0 Å². The van der Waals surface area contributed by atoms with E-state index >= 15 is 0 Å². The molecule has 2 heterocycles. The molecular weight excluding hydrogens is 564 g/mol. The van der Waals surface area contributed by atoms with Gasteiger partial charge >= 0.3 is 5.97 Å². The number of benzene rings is 4. The lowest BCUT2D eigenvalue weighted by Gasteiger charge is -2.26. The van der Waals surface area contributed by atoms with Crippen LogP contribution < -0.4 is 9.47 Å². The summed E-state index contributed by atoms with van der Waals surface area (Å²) in [6.07, 6.45) is 1.09. The summed E-state index contributed by atoms with van der Waals surface area (Å²) >= 11 is 1.12. The minimum Gasteiger partial charge on any atom is -0.497 e. The highest BCUT2D eigenvalue weighted by molar-refractivity contribution is 7.00.